The number of halogens is 2. The molecule has 4 N–H and O–H groups in total. The summed E-state index contributed by atoms with van der Waals surface area (Å²) in [6, 6.07) is 19.6. The van der Waals surface area contributed by atoms with Crippen LogP contribution in [0.25, 0.3) is 21.8 Å². The molecule has 36 heavy (non-hydrogen) atoms. The maximum atomic E-state index is 11.6. The third-order valence-electron chi connectivity index (χ3n) is 5.97. The van der Waals surface area contributed by atoms with Crippen molar-refractivity contribution in [3.63, 3.8) is 0 Å². The highest BCUT2D eigenvalue weighted by atomic mass is 35.5. The first-order valence-corrected chi connectivity index (χ1v) is 12.5. The Hall–Kier alpha value is -3.52. The number of hydrogen-bond acceptors (Lipinski definition) is 3. The molecule has 0 atom stereocenters. The van der Waals surface area contributed by atoms with Gasteiger partial charge in [0.25, 0.3) is 0 Å². The SMILES string of the molecule is CCOC(=O)NC(=S)Nc1ccc(C(c2c[nH]c3ccc(Cl)cc23)c2c[nH]c3ccc(Cl)cc23)cc1. The van der Waals surface area contributed by atoms with Crippen molar-refractivity contribution in [3.05, 3.63) is 99.8 Å². The summed E-state index contributed by atoms with van der Waals surface area (Å²) < 4.78 is 4.87. The van der Waals surface area contributed by atoms with Crippen molar-refractivity contribution < 1.29 is 9.53 Å². The fourth-order valence-corrected chi connectivity index (χ4v) is 4.96. The molecule has 2 heterocycles. The van der Waals surface area contributed by atoms with Gasteiger partial charge in [-0.25, -0.2) is 4.79 Å². The summed E-state index contributed by atoms with van der Waals surface area (Å²) >= 11 is 17.9. The summed E-state index contributed by atoms with van der Waals surface area (Å²) in [6.07, 6.45) is 3.46. The number of fused-ring (bicyclic) bond motifs is 2. The van der Waals surface area contributed by atoms with Crippen LogP contribution >= 0.6 is 35.4 Å². The standard InChI is InChI=1S/C27H22Cl2N4O2S/c1-2-35-27(34)33-26(36)32-18-7-3-15(4-8-18)25(21-13-30-23-9-5-16(28)11-19(21)23)22-14-31-24-10-6-17(29)12-20(22)24/h3-14,25,30-31H,2H2,1H3,(H2,32,33,34,36). The zero-order valence-electron chi connectivity index (χ0n) is 19.2. The molecule has 2 aromatic heterocycles. The normalized spacial score (nSPS) is 11.2. The maximum absolute atomic E-state index is 11.6. The van der Waals surface area contributed by atoms with Gasteiger partial charge in [-0.2, -0.15) is 0 Å². The second-order valence-corrected chi connectivity index (χ2v) is 9.50. The number of nitrogens with one attached hydrogen (secondary N) is 4. The van der Waals surface area contributed by atoms with Crippen molar-refractivity contribution in [1.82, 2.24) is 15.3 Å². The second-order valence-electron chi connectivity index (χ2n) is 8.22. The molecule has 0 unspecified atom stereocenters. The number of carbonyl (C=O) groups is 1. The average molecular weight is 537 g/mol. The lowest BCUT2D eigenvalue weighted by molar-refractivity contribution is 0.158. The van der Waals surface area contributed by atoms with Gasteiger partial charge in [0, 0.05) is 55.9 Å². The van der Waals surface area contributed by atoms with E-state index in [0.717, 1.165) is 44.2 Å². The van der Waals surface area contributed by atoms with Crippen LogP contribution in [-0.4, -0.2) is 27.8 Å². The lowest BCUT2D eigenvalue weighted by Gasteiger charge is -2.18. The third kappa shape index (κ3) is 4.91. The summed E-state index contributed by atoms with van der Waals surface area (Å²) in [6.45, 7) is 2.00. The predicted octanol–water partition coefficient (Wildman–Crippen LogP) is 7.58. The number of hydrogen-bond donors (Lipinski definition) is 4. The monoisotopic (exact) mass is 536 g/mol. The maximum Gasteiger partial charge on any atom is 0.413 e. The summed E-state index contributed by atoms with van der Waals surface area (Å²) in [7, 11) is 0. The van der Waals surface area contributed by atoms with Crippen LogP contribution in [0, 0.1) is 0 Å². The van der Waals surface area contributed by atoms with E-state index in [1.54, 1.807) is 6.92 Å². The van der Waals surface area contributed by atoms with Crippen LogP contribution < -0.4 is 10.6 Å². The molecule has 1 amide bonds. The first-order valence-electron chi connectivity index (χ1n) is 11.3. The van der Waals surface area contributed by atoms with E-state index < -0.39 is 6.09 Å². The van der Waals surface area contributed by atoms with Gasteiger partial charge in [0.05, 0.1) is 6.61 Å². The Labute approximate surface area is 222 Å². The van der Waals surface area contributed by atoms with E-state index >= 15 is 0 Å². The minimum atomic E-state index is -0.595. The van der Waals surface area contributed by atoms with Gasteiger partial charge in [-0.3, -0.25) is 5.32 Å². The molecule has 5 rings (SSSR count). The van der Waals surface area contributed by atoms with E-state index in [1.807, 2.05) is 73.1 Å². The molecule has 0 spiro atoms. The number of aromatic nitrogens is 2. The molecule has 0 radical (unpaired) electrons. The van der Waals surface area contributed by atoms with Gasteiger partial charge in [-0.1, -0.05) is 35.3 Å². The topological polar surface area (TPSA) is 81.9 Å². The molecule has 0 aliphatic carbocycles. The molecular formula is C27H22Cl2N4O2S. The van der Waals surface area contributed by atoms with Gasteiger partial charge < -0.3 is 20.0 Å². The Bertz CT molecular complexity index is 1500. The van der Waals surface area contributed by atoms with E-state index in [9.17, 15) is 4.79 Å². The van der Waals surface area contributed by atoms with E-state index in [2.05, 4.69) is 20.6 Å². The Morgan fingerprint density at radius 1 is 0.917 bits per heavy atom. The Kier molecular flexibility index (Phi) is 6.87. The molecule has 6 nitrogen and oxygen atoms in total. The molecule has 0 aliphatic rings. The van der Waals surface area contributed by atoms with Crippen LogP contribution in [0.5, 0.6) is 0 Å². The average Bonchev–Trinajstić information content (AvgIpc) is 3.45. The smallest absolute Gasteiger partial charge is 0.413 e. The number of benzene rings is 3. The van der Waals surface area contributed by atoms with E-state index in [0.29, 0.717) is 10.0 Å². The number of alkyl carbamates (subject to hydrolysis) is 1. The fraction of sp³-hybridized carbons (Fsp3) is 0.111. The van der Waals surface area contributed by atoms with Crippen LogP contribution in [0.4, 0.5) is 10.5 Å². The lowest BCUT2D eigenvalue weighted by atomic mass is 9.84. The number of rotatable bonds is 5. The van der Waals surface area contributed by atoms with Crippen molar-refractivity contribution in [3.8, 4) is 0 Å². The van der Waals surface area contributed by atoms with Crippen LogP contribution in [0.1, 0.15) is 29.5 Å². The largest absolute Gasteiger partial charge is 0.450 e. The molecule has 3 aromatic carbocycles. The van der Waals surface area contributed by atoms with Gasteiger partial charge >= 0.3 is 6.09 Å². The number of amides is 1. The van der Waals surface area contributed by atoms with Gasteiger partial charge in [0.15, 0.2) is 5.11 Å². The molecule has 182 valence electrons. The highest BCUT2D eigenvalue weighted by Gasteiger charge is 2.23. The summed E-state index contributed by atoms with van der Waals surface area (Å²) in [4.78, 5) is 18.4. The summed E-state index contributed by atoms with van der Waals surface area (Å²) in [5.74, 6) is -0.108. The lowest BCUT2D eigenvalue weighted by Crippen LogP contribution is -2.34. The first-order chi connectivity index (χ1) is 17.4. The molecule has 0 saturated heterocycles. The van der Waals surface area contributed by atoms with Crippen molar-refractivity contribution in [2.45, 2.75) is 12.8 Å². The zero-order chi connectivity index (χ0) is 25.2. The molecule has 0 saturated carbocycles. The first kappa shape index (κ1) is 24.2. The van der Waals surface area contributed by atoms with E-state index in [4.69, 9.17) is 40.2 Å². The van der Waals surface area contributed by atoms with Crippen molar-refractivity contribution >= 4 is 74.1 Å². The molecular weight excluding hydrogens is 515 g/mol. The van der Waals surface area contributed by atoms with Crippen LogP contribution in [0.2, 0.25) is 10.0 Å². The van der Waals surface area contributed by atoms with Crippen LogP contribution in [0.3, 0.4) is 0 Å². The minimum absolute atomic E-state index is 0.108. The molecule has 0 aliphatic heterocycles. The molecule has 5 aromatic rings. The zero-order valence-corrected chi connectivity index (χ0v) is 21.5. The minimum Gasteiger partial charge on any atom is -0.450 e. The van der Waals surface area contributed by atoms with E-state index in [1.165, 1.54) is 0 Å². The number of aromatic amines is 2. The van der Waals surface area contributed by atoms with Crippen LogP contribution in [0.15, 0.2) is 73.1 Å². The molecule has 0 fully saturated rings. The summed E-state index contributed by atoms with van der Waals surface area (Å²) in [5.41, 5.74) is 5.99. The number of H-pyrrole nitrogens is 2. The van der Waals surface area contributed by atoms with Crippen molar-refractivity contribution in [2.75, 3.05) is 11.9 Å². The van der Waals surface area contributed by atoms with Gasteiger partial charge in [-0.15, -0.1) is 0 Å². The van der Waals surface area contributed by atoms with Gasteiger partial charge in [0.2, 0.25) is 0 Å². The number of thiocarbonyl (C=S) groups is 1. The van der Waals surface area contributed by atoms with Crippen molar-refractivity contribution in [1.29, 1.82) is 0 Å². The Morgan fingerprint density at radius 3 is 2.00 bits per heavy atom. The third-order valence-corrected chi connectivity index (χ3v) is 6.64. The number of anilines is 1. The quantitative estimate of drug-likeness (QED) is 0.174. The number of ether oxygens (including phenoxy) is 1. The Balaban J connectivity index is 1.55. The molecule has 0 bridgehead atoms. The van der Waals surface area contributed by atoms with Gasteiger partial charge in [-0.05, 0) is 84.4 Å². The van der Waals surface area contributed by atoms with E-state index in [-0.39, 0.29) is 17.6 Å². The second kappa shape index (κ2) is 10.2. The Morgan fingerprint density at radius 2 is 1.47 bits per heavy atom. The highest BCUT2D eigenvalue weighted by Crippen LogP contribution is 2.40. The molecule has 9 heteroatoms. The van der Waals surface area contributed by atoms with Crippen molar-refractivity contribution in [2.24, 2.45) is 0 Å². The number of carbonyl (C=O) groups excluding carboxylic acids is 1. The predicted molar refractivity (Wildman–Crippen MR) is 150 cm³/mol. The van der Waals surface area contributed by atoms with Crippen LogP contribution in [-0.2, 0) is 4.74 Å². The van der Waals surface area contributed by atoms with Gasteiger partial charge in [0.1, 0.15) is 0 Å². The summed E-state index contributed by atoms with van der Waals surface area (Å²) in [5, 5.41) is 9.10. The fourth-order valence-electron chi connectivity index (χ4n) is 4.41. The highest BCUT2D eigenvalue weighted by molar-refractivity contribution is 7.80.